The lowest BCUT2D eigenvalue weighted by Crippen LogP contribution is -2.48. The third-order valence-electron chi connectivity index (χ3n) is 4.24. The van der Waals surface area contributed by atoms with Crippen LogP contribution < -0.4 is 0 Å². The second-order valence-corrected chi connectivity index (χ2v) is 6.85. The van der Waals surface area contributed by atoms with Crippen LogP contribution in [-0.4, -0.2) is 37.5 Å². The summed E-state index contributed by atoms with van der Waals surface area (Å²) in [6, 6.07) is 9.32. The highest BCUT2D eigenvalue weighted by molar-refractivity contribution is 6.26. The third kappa shape index (κ3) is 3.27. The molecule has 0 radical (unpaired) electrons. The summed E-state index contributed by atoms with van der Waals surface area (Å²) in [5.41, 5.74) is -1.90. The van der Waals surface area contributed by atoms with Crippen LogP contribution in [0, 0.1) is 5.41 Å². The van der Waals surface area contributed by atoms with Crippen molar-refractivity contribution in [2.75, 3.05) is 14.2 Å². The molecule has 2 rings (SSSR count). The molecule has 0 aromatic heterocycles. The van der Waals surface area contributed by atoms with Crippen molar-refractivity contribution in [2.24, 2.45) is 5.41 Å². The van der Waals surface area contributed by atoms with E-state index in [2.05, 4.69) is 9.47 Å². The summed E-state index contributed by atoms with van der Waals surface area (Å²) in [7, 11) is 2.28. The Morgan fingerprint density at radius 1 is 1.04 bits per heavy atom. The fraction of sp³-hybridized carbons (Fsp3) is 0.350. The number of esters is 2. The van der Waals surface area contributed by atoms with E-state index in [-0.39, 0.29) is 0 Å². The van der Waals surface area contributed by atoms with Gasteiger partial charge in [-0.15, -0.1) is 0 Å². The van der Waals surface area contributed by atoms with Gasteiger partial charge in [0.15, 0.2) is 11.2 Å². The van der Waals surface area contributed by atoms with Crippen molar-refractivity contribution in [3.05, 3.63) is 53.3 Å². The maximum atomic E-state index is 13.2. The molecule has 0 aliphatic carbocycles. The van der Waals surface area contributed by atoms with Crippen LogP contribution in [0.15, 0.2) is 47.7 Å². The molecule has 0 saturated carbocycles. The van der Waals surface area contributed by atoms with Gasteiger partial charge in [0.25, 0.3) is 0 Å². The van der Waals surface area contributed by atoms with Crippen LogP contribution in [0.5, 0.6) is 0 Å². The van der Waals surface area contributed by atoms with Crippen LogP contribution in [0.4, 0.5) is 0 Å². The second-order valence-electron chi connectivity index (χ2n) is 6.85. The molecule has 0 N–H and O–H groups in total. The Hall–Kier alpha value is -2.89. The molecule has 1 aliphatic heterocycles. The molecule has 0 bridgehead atoms. The average Bonchev–Trinajstić information content (AvgIpc) is 2.93. The minimum Gasteiger partial charge on any atom is -0.466 e. The third-order valence-corrected chi connectivity index (χ3v) is 4.24. The van der Waals surface area contributed by atoms with Gasteiger partial charge in [0.05, 0.1) is 14.2 Å². The molecule has 0 fully saturated rings. The zero-order valence-corrected chi connectivity index (χ0v) is 15.5. The summed E-state index contributed by atoms with van der Waals surface area (Å²) in [4.78, 5) is 37.4. The standard InChI is InChI=1S/C20H22O6/c1-19(2,3)20(12-11-13-9-7-6-8-10-13)16(21)14(17(22)24-4)15(26-20)18(23)25-5/h6-12H,1-5H3/b12-11+. The SMILES string of the molecule is COC(=O)C1=C(C(=O)OC)C(=O)C(/C=C/c2ccccc2)(C(C)(C)C)O1. The first-order valence-electron chi connectivity index (χ1n) is 8.07. The molecule has 0 amide bonds. The molecule has 1 aromatic carbocycles. The average molecular weight is 358 g/mol. The lowest BCUT2D eigenvalue weighted by molar-refractivity contribution is -0.146. The van der Waals surface area contributed by atoms with Crippen molar-refractivity contribution < 1.29 is 28.6 Å². The molecule has 1 aliphatic rings. The molecular weight excluding hydrogens is 336 g/mol. The number of hydrogen-bond donors (Lipinski definition) is 0. The summed E-state index contributed by atoms with van der Waals surface area (Å²) < 4.78 is 15.1. The van der Waals surface area contributed by atoms with Gasteiger partial charge in [-0.3, -0.25) is 4.79 Å². The van der Waals surface area contributed by atoms with Crippen molar-refractivity contribution in [1.82, 2.24) is 0 Å². The number of hydrogen-bond acceptors (Lipinski definition) is 6. The molecule has 0 saturated heterocycles. The quantitative estimate of drug-likeness (QED) is 0.608. The van der Waals surface area contributed by atoms with Crippen LogP contribution >= 0.6 is 0 Å². The smallest absolute Gasteiger partial charge is 0.374 e. The van der Waals surface area contributed by atoms with E-state index < -0.39 is 40.1 Å². The Labute approximate surface area is 152 Å². The van der Waals surface area contributed by atoms with E-state index in [0.29, 0.717) is 0 Å². The number of carbonyl (C=O) groups excluding carboxylic acids is 3. The molecule has 1 aromatic rings. The first kappa shape index (κ1) is 19.4. The number of methoxy groups -OCH3 is 2. The van der Waals surface area contributed by atoms with Crippen LogP contribution in [0.25, 0.3) is 6.08 Å². The first-order chi connectivity index (χ1) is 12.2. The van der Waals surface area contributed by atoms with E-state index in [4.69, 9.17) is 4.74 Å². The van der Waals surface area contributed by atoms with Gasteiger partial charge in [0, 0.05) is 5.41 Å². The molecule has 1 unspecified atom stereocenters. The van der Waals surface area contributed by atoms with Crippen molar-refractivity contribution in [1.29, 1.82) is 0 Å². The van der Waals surface area contributed by atoms with Crippen LogP contribution in [-0.2, 0) is 28.6 Å². The van der Waals surface area contributed by atoms with E-state index in [9.17, 15) is 14.4 Å². The van der Waals surface area contributed by atoms with E-state index >= 15 is 0 Å². The van der Waals surface area contributed by atoms with Gasteiger partial charge in [0.2, 0.25) is 11.5 Å². The highest BCUT2D eigenvalue weighted by Gasteiger charge is 2.58. The van der Waals surface area contributed by atoms with Crippen LogP contribution in [0.1, 0.15) is 26.3 Å². The highest BCUT2D eigenvalue weighted by Crippen LogP contribution is 2.45. The van der Waals surface area contributed by atoms with Gasteiger partial charge in [-0.1, -0.05) is 57.2 Å². The lowest BCUT2D eigenvalue weighted by Gasteiger charge is -2.37. The minimum atomic E-state index is -1.55. The van der Waals surface area contributed by atoms with Crippen LogP contribution in [0.2, 0.25) is 0 Å². The molecule has 1 atom stereocenters. The molecule has 138 valence electrons. The minimum absolute atomic E-state index is 0.433. The Bertz CT molecular complexity index is 782. The Kier molecular flexibility index (Phi) is 5.35. The highest BCUT2D eigenvalue weighted by atomic mass is 16.6. The fourth-order valence-electron chi connectivity index (χ4n) is 2.70. The number of ether oxygens (including phenoxy) is 3. The number of carbonyl (C=O) groups is 3. The zero-order valence-electron chi connectivity index (χ0n) is 15.5. The summed E-state index contributed by atoms with van der Waals surface area (Å²) in [5.74, 6) is -2.91. The number of rotatable bonds is 4. The van der Waals surface area contributed by atoms with Gasteiger partial charge in [0.1, 0.15) is 0 Å². The molecule has 26 heavy (non-hydrogen) atoms. The molecule has 1 heterocycles. The Balaban J connectivity index is 2.59. The zero-order chi connectivity index (χ0) is 19.5. The number of benzene rings is 1. The maximum Gasteiger partial charge on any atom is 0.374 e. The van der Waals surface area contributed by atoms with Gasteiger partial charge in [-0.25, -0.2) is 9.59 Å². The van der Waals surface area contributed by atoms with Gasteiger partial charge >= 0.3 is 11.9 Å². The summed E-state index contributed by atoms with van der Waals surface area (Å²) >= 11 is 0. The number of Topliss-reactive ketones (excluding diaryl/α,β-unsaturated/α-hetero) is 1. The second kappa shape index (κ2) is 7.15. The molecule has 6 nitrogen and oxygen atoms in total. The van der Waals surface area contributed by atoms with Gasteiger partial charge < -0.3 is 14.2 Å². The maximum absolute atomic E-state index is 13.2. The normalized spacial score (nSPS) is 20.3. The van der Waals surface area contributed by atoms with Crippen LogP contribution in [0.3, 0.4) is 0 Å². The van der Waals surface area contributed by atoms with Gasteiger partial charge in [-0.2, -0.15) is 0 Å². The Morgan fingerprint density at radius 2 is 1.62 bits per heavy atom. The van der Waals surface area contributed by atoms with Gasteiger partial charge in [-0.05, 0) is 11.6 Å². The first-order valence-corrected chi connectivity index (χ1v) is 8.07. The predicted molar refractivity (Wildman–Crippen MR) is 94.8 cm³/mol. The fourth-order valence-corrected chi connectivity index (χ4v) is 2.70. The molecular formula is C20H22O6. The summed E-state index contributed by atoms with van der Waals surface area (Å²) in [5, 5.41) is 0. The van der Waals surface area contributed by atoms with E-state index in [0.717, 1.165) is 19.8 Å². The van der Waals surface area contributed by atoms with Crippen molar-refractivity contribution in [3.63, 3.8) is 0 Å². The largest absolute Gasteiger partial charge is 0.466 e. The van der Waals surface area contributed by atoms with Crippen molar-refractivity contribution in [3.8, 4) is 0 Å². The lowest BCUT2D eigenvalue weighted by atomic mass is 9.72. The van der Waals surface area contributed by atoms with Crippen molar-refractivity contribution in [2.45, 2.75) is 26.4 Å². The van der Waals surface area contributed by atoms with E-state index in [1.54, 1.807) is 32.9 Å². The topological polar surface area (TPSA) is 78.9 Å². The molecule has 6 heteroatoms. The monoisotopic (exact) mass is 358 g/mol. The molecule has 0 spiro atoms. The summed E-state index contributed by atoms with van der Waals surface area (Å²) in [6.07, 6.45) is 3.29. The Morgan fingerprint density at radius 3 is 2.12 bits per heavy atom. The van der Waals surface area contributed by atoms with Crippen molar-refractivity contribution >= 4 is 23.8 Å². The predicted octanol–water partition coefficient (Wildman–Crippen LogP) is 2.68. The summed E-state index contributed by atoms with van der Waals surface area (Å²) in [6.45, 7) is 5.36. The van der Waals surface area contributed by atoms with E-state index in [1.165, 1.54) is 0 Å². The van der Waals surface area contributed by atoms with E-state index in [1.807, 2.05) is 30.3 Å². The number of ketones is 1.